The van der Waals surface area contributed by atoms with Crippen LogP contribution in [0, 0.1) is 6.92 Å². The fourth-order valence-electron chi connectivity index (χ4n) is 2.36. The molecule has 3 rings (SSSR count). The molecule has 3 aromatic rings. The van der Waals surface area contributed by atoms with Gasteiger partial charge in [-0.25, -0.2) is 5.43 Å². The van der Waals surface area contributed by atoms with Gasteiger partial charge in [-0.15, -0.1) is 0 Å². The summed E-state index contributed by atoms with van der Waals surface area (Å²) in [6.45, 7) is 1.95. The van der Waals surface area contributed by atoms with Crippen molar-refractivity contribution in [3.8, 4) is 0 Å². The Morgan fingerprint density at radius 2 is 1.54 bits per heavy atom. The standard InChI is InChI=1S/C20H17N3O/c1-15-6-5-9-18(14-15)20(24)23-22-19(16-7-3-2-4-8-16)17-10-12-21-13-11-17/h2-14H,1H3,(H,23,24)/b22-19+. The van der Waals surface area contributed by atoms with Crippen LogP contribution in [-0.4, -0.2) is 16.6 Å². The second-order valence-corrected chi connectivity index (χ2v) is 5.37. The van der Waals surface area contributed by atoms with Crippen LogP contribution in [-0.2, 0) is 0 Å². The molecule has 2 aromatic carbocycles. The summed E-state index contributed by atoms with van der Waals surface area (Å²) in [5, 5.41) is 4.36. The van der Waals surface area contributed by atoms with Crippen LogP contribution in [0.1, 0.15) is 27.0 Å². The summed E-state index contributed by atoms with van der Waals surface area (Å²) in [7, 11) is 0. The highest BCUT2D eigenvalue weighted by atomic mass is 16.2. The number of hydrogen-bond acceptors (Lipinski definition) is 3. The van der Waals surface area contributed by atoms with E-state index in [1.54, 1.807) is 18.5 Å². The highest BCUT2D eigenvalue weighted by Gasteiger charge is 2.09. The molecule has 0 radical (unpaired) electrons. The molecule has 1 amide bonds. The summed E-state index contributed by atoms with van der Waals surface area (Å²) in [5.74, 6) is -0.235. The Balaban J connectivity index is 1.91. The molecule has 0 saturated heterocycles. The van der Waals surface area contributed by atoms with Gasteiger partial charge in [0.1, 0.15) is 0 Å². The number of rotatable bonds is 4. The lowest BCUT2D eigenvalue weighted by Crippen LogP contribution is -2.20. The van der Waals surface area contributed by atoms with Crippen molar-refractivity contribution in [2.24, 2.45) is 5.10 Å². The van der Waals surface area contributed by atoms with Crippen molar-refractivity contribution in [1.29, 1.82) is 0 Å². The van der Waals surface area contributed by atoms with E-state index in [0.717, 1.165) is 16.7 Å². The number of carbonyl (C=O) groups excluding carboxylic acids is 1. The molecular formula is C20H17N3O. The predicted molar refractivity (Wildman–Crippen MR) is 95.0 cm³/mol. The van der Waals surface area contributed by atoms with Crippen LogP contribution in [0.5, 0.6) is 0 Å². The molecule has 0 atom stereocenters. The van der Waals surface area contributed by atoms with Gasteiger partial charge in [-0.1, -0.05) is 48.0 Å². The van der Waals surface area contributed by atoms with Gasteiger partial charge < -0.3 is 0 Å². The molecule has 0 bridgehead atoms. The van der Waals surface area contributed by atoms with Gasteiger partial charge >= 0.3 is 0 Å². The normalized spacial score (nSPS) is 11.1. The zero-order valence-corrected chi connectivity index (χ0v) is 13.3. The molecule has 0 unspecified atom stereocenters. The van der Waals surface area contributed by atoms with Gasteiger partial charge in [0.25, 0.3) is 5.91 Å². The van der Waals surface area contributed by atoms with Crippen molar-refractivity contribution < 1.29 is 4.79 Å². The summed E-state index contributed by atoms with van der Waals surface area (Å²) in [6, 6.07) is 20.9. The Morgan fingerprint density at radius 3 is 2.25 bits per heavy atom. The lowest BCUT2D eigenvalue weighted by molar-refractivity contribution is 0.0955. The quantitative estimate of drug-likeness (QED) is 0.591. The minimum Gasteiger partial charge on any atom is -0.267 e. The van der Waals surface area contributed by atoms with Crippen molar-refractivity contribution >= 4 is 11.6 Å². The Kier molecular flexibility index (Phi) is 4.77. The van der Waals surface area contributed by atoms with Crippen LogP contribution in [0.2, 0.25) is 0 Å². The molecule has 0 fully saturated rings. The fraction of sp³-hybridized carbons (Fsp3) is 0.0500. The van der Waals surface area contributed by atoms with Gasteiger partial charge in [0.15, 0.2) is 0 Å². The van der Waals surface area contributed by atoms with Gasteiger partial charge in [0.05, 0.1) is 5.71 Å². The highest BCUT2D eigenvalue weighted by molar-refractivity contribution is 6.13. The van der Waals surface area contributed by atoms with Crippen molar-refractivity contribution in [3.63, 3.8) is 0 Å². The molecular weight excluding hydrogens is 298 g/mol. The first-order chi connectivity index (χ1) is 11.7. The van der Waals surface area contributed by atoms with Crippen LogP contribution in [0.3, 0.4) is 0 Å². The third kappa shape index (κ3) is 3.73. The maximum absolute atomic E-state index is 12.3. The van der Waals surface area contributed by atoms with Gasteiger partial charge in [0, 0.05) is 29.1 Å². The van der Waals surface area contributed by atoms with Crippen molar-refractivity contribution in [1.82, 2.24) is 10.4 Å². The number of hydrazone groups is 1. The third-order valence-electron chi connectivity index (χ3n) is 3.55. The minimum atomic E-state index is -0.235. The van der Waals surface area contributed by atoms with E-state index in [0.29, 0.717) is 11.3 Å². The Hall–Kier alpha value is -3.27. The van der Waals surface area contributed by atoms with E-state index >= 15 is 0 Å². The summed E-state index contributed by atoms with van der Waals surface area (Å²) < 4.78 is 0. The maximum atomic E-state index is 12.3. The van der Waals surface area contributed by atoms with E-state index in [-0.39, 0.29) is 5.91 Å². The lowest BCUT2D eigenvalue weighted by Gasteiger charge is -2.08. The molecule has 1 aromatic heterocycles. The summed E-state index contributed by atoms with van der Waals surface area (Å²) >= 11 is 0. The number of nitrogens with zero attached hydrogens (tertiary/aromatic N) is 2. The van der Waals surface area contributed by atoms with Crippen LogP contribution >= 0.6 is 0 Å². The number of aromatic nitrogens is 1. The molecule has 1 N–H and O–H groups in total. The molecule has 1 heterocycles. The largest absolute Gasteiger partial charge is 0.271 e. The van der Waals surface area contributed by atoms with Gasteiger partial charge in [-0.3, -0.25) is 9.78 Å². The molecule has 4 heteroatoms. The molecule has 0 saturated carbocycles. The molecule has 0 aliphatic heterocycles. The average Bonchev–Trinajstić information content (AvgIpc) is 2.63. The van der Waals surface area contributed by atoms with Crippen LogP contribution in [0.25, 0.3) is 0 Å². The molecule has 4 nitrogen and oxygen atoms in total. The van der Waals surface area contributed by atoms with E-state index in [1.165, 1.54) is 0 Å². The third-order valence-corrected chi connectivity index (χ3v) is 3.55. The Bertz CT molecular complexity index is 817. The van der Waals surface area contributed by atoms with Crippen molar-refractivity contribution in [3.05, 3.63) is 101 Å². The zero-order chi connectivity index (χ0) is 16.8. The van der Waals surface area contributed by atoms with E-state index < -0.39 is 0 Å². The maximum Gasteiger partial charge on any atom is 0.271 e. The summed E-state index contributed by atoms with van der Waals surface area (Å²) in [4.78, 5) is 16.4. The number of carbonyl (C=O) groups is 1. The lowest BCUT2D eigenvalue weighted by atomic mass is 10.0. The minimum absolute atomic E-state index is 0.235. The van der Waals surface area contributed by atoms with Gasteiger partial charge in [0.2, 0.25) is 0 Å². The van der Waals surface area contributed by atoms with Crippen LogP contribution < -0.4 is 5.43 Å². The second kappa shape index (κ2) is 7.33. The van der Waals surface area contributed by atoms with Crippen molar-refractivity contribution in [2.75, 3.05) is 0 Å². The Morgan fingerprint density at radius 1 is 0.875 bits per heavy atom. The topological polar surface area (TPSA) is 54.4 Å². The first-order valence-electron chi connectivity index (χ1n) is 7.64. The number of amides is 1. The molecule has 0 aliphatic rings. The molecule has 118 valence electrons. The van der Waals surface area contributed by atoms with Gasteiger partial charge in [-0.05, 0) is 31.2 Å². The highest BCUT2D eigenvalue weighted by Crippen LogP contribution is 2.10. The van der Waals surface area contributed by atoms with Gasteiger partial charge in [-0.2, -0.15) is 5.10 Å². The average molecular weight is 315 g/mol. The number of pyridine rings is 1. The first kappa shape index (κ1) is 15.6. The Labute approximate surface area is 140 Å². The zero-order valence-electron chi connectivity index (χ0n) is 13.3. The van der Waals surface area contributed by atoms with Crippen molar-refractivity contribution in [2.45, 2.75) is 6.92 Å². The number of nitrogens with one attached hydrogen (secondary N) is 1. The molecule has 24 heavy (non-hydrogen) atoms. The van der Waals surface area contributed by atoms with E-state index in [4.69, 9.17) is 0 Å². The monoisotopic (exact) mass is 315 g/mol. The van der Waals surface area contributed by atoms with Crippen LogP contribution in [0.4, 0.5) is 0 Å². The molecule has 0 aliphatic carbocycles. The van der Waals surface area contributed by atoms with E-state index in [9.17, 15) is 4.79 Å². The summed E-state index contributed by atoms with van der Waals surface area (Å²) in [5.41, 5.74) is 6.77. The van der Waals surface area contributed by atoms with E-state index in [1.807, 2.05) is 67.6 Å². The second-order valence-electron chi connectivity index (χ2n) is 5.37. The predicted octanol–water partition coefficient (Wildman–Crippen LogP) is 3.57. The summed E-state index contributed by atoms with van der Waals surface area (Å²) in [6.07, 6.45) is 3.41. The number of hydrogen-bond donors (Lipinski definition) is 1. The number of aryl methyl sites for hydroxylation is 1. The first-order valence-corrected chi connectivity index (χ1v) is 7.64. The smallest absolute Gasteiger partial charge is 0.267 e. The van der Waals surface area contributed by atoms with Crippen LogP contribution in [0.15, 0.2) is 84.2 Å². The molecule has 0 spiro atoms. The SMILES string of the molecule is Cc1cccc(C(=O)N/N=C(\c2ccccc2)c2ccncc2)c1. The number of benzene rings is 2. The fourth-order valence-corrected chi connectivity index (χ4v) is 2.36. The van der Waals surface area contributed by atoms with E-state index in [2.05, 4.69) is 15.5 Å².